The Morgan fingerprint density at radius 2 is 1.50 bits per heavy atom. The Bertz CT molecular complexity index is 1130. The number of rotatable bonds is 8. The Morgan fingerprint density at radius 1 is 0.933 bits per heavy atom. The number of ketones is 1. The fraction of sp³-hybridized carbons (Fsp3) is 0.261. The van der Waals surface area contributed by atoms with Gasteiger partial charge in [0.2, 0.25) is 0 Å². The van der Waals surface area contributed by atoms with Crippen LogP contribution in [0.25, 0.3) is 0 Å². The van der Waals surface area contributed by atoms with E-state index in [0.717, 1.165) is 15.7 Å². The molecular weight excluding hydrogens is 380 g/mol. The van der Waals surface area contributed by atoms with E-state index in [0.29, 0.717) is 6.54 Å². The maximum absolute atomic E-state index is 13.0. The Balaban J connectivity index is 1.95. The van der Waals surface area contributed by atoms with Crippen LogP contribution >= 0.6 is 0 Å². The molecule has 156 valence electrons. The number of anilines is 1. The number of carbonyl (C=O) groups is 1. The molecule has 0 amide bonds. The van der Waals surface area contributed by atoms with Crippen LogP contribution in [0.3, 0.4) is 0 Å². The molecule has 0 aliphatic rings. The van der Waals surface area contributed by atoms with Crippen molar-refractivity contribution >= 4 is 11.6 Å². The van der Waals surface area contributed by atoms with E-state index in [-0.39, 0.29) is 31.0 Å². The Morgan fingerprint density at radius 3 is 2.07 bits per heavy atom. The molecule has 0 radical (unpaired) electrons. The predicted octanol–water partition coefficient (Wildman–Crippen LogP) is 1.98. The summed E-state index contributed by atoms with van der Waals surface area (Å²) in [4.78, 5) is 40.5. The third-order valence-corrected chi connectivity index (χ3v) is 4.96. The number of benzene rings is 2. The van der Waals surface area contributed by atoms with E-state index >= 15 is 0 Å². The lowest BCUT2D eigenvalue weighted by molar-refractivity contribution is 0.0941. The van der Waals surface area contributed by atoms with Gasteiger partial charge in [0, 0.05) is 13.1 Å². The van der Waals surface area contributed by atoms with Crippen molar-refractivity contribution in [3.05, 3.63) is 98.2 Å². The van der Waals surface area contributed by atoms with E-state index in [1.165, 1.54) is 4.57 Å². The monoisotopic (exact) mass is 406 g/mol. The minimum atomic E-state index is -0.637. The number of nitrogen functional groups attached to an aromatic ring is 1. The molecule has 7 nitrogen and oxygen atoms in total. The van der Waals surface area contributed by atoms with Crippen molar-refractivity contribution in [1.29, 1.82) is 0 Å². The van der Waals surface area contributed by atoms with E-state index < -0.39 is 17.0 Å². The molecule has 3 rings (SSSR count). The Hall–Kier alpha value is -3.45. The average Bonchev–Trinajstić information content (AvgIpc) is 2.73. The largest absolute Gasteiger partial charge is 0.384 e. The summed E-state index contributed by atoms with van der Waals surface area (Å²) in [6.45, 7) is 2.61. The second-order valence-electron chi connectivity index (χ2n) is 7.25. The van der Waals surface area contributed by atoms with Gasteiger partial charge in [0.15, 0.2) is 5.78 Å². The van der Waals surface area contributed by atoms with Crippen LogP contribution < -0.4 is 17.0 Å². The van der Waals surface area contributed by atoms with Gasteiger partial charge in [0.25, 0.3) is 5.56 Å². The van der Waals surface area contributed by atoms with Gasteiger partial charge in [-0.1, -0.05) is 60.7 Å². The summed E-state index contributed by atoms with van der Waals surface area (Å²) < 4.78 is 2.36. The van der Waals surface area contributed by atoms with Gasteiger partial charge in [-0.25, -0.2) is 4.79 Å². The van der Waals surface area contributed by atoms with Crippen molar-refractivity contribution in [1.82, 2.24) is 14.0 Å². The number of hydrogen-bond donors (Lipinski definition) is 1. The van der Waals surface area contributed by atoms with Gasteiger partial charge >= 0.3 is 5.69 Å². The van der Waals surface area contributed by atoms with E-state index in [9.17, 15) is 14.4 Å². The van der Waals surface area contributed by atoms with Crippen LogP contribution in [-0.4, -0.2) is 33.4 Å². The van der Waals surface area contributed by atoms with Crippen LogP contribution in [0, 0.1) is 0 Å². The lowest BCUT2D eigenvalue weighted by Crippen LogP contribution is -2.45. The molecule has 0 unspecified atom stereocenters. The molecule has 2 N–H and O–H groups in total. The third-order valence-electron chi connectivity index (χ3n) is 4.96. The first kappa shape index (κ1) is 21.3. The summed E-state index contributed by atoms with van der Waals surface area (Å²) in [6.07, 6.45) is 0. The summed E-state index contributed by atoms with van der Waals surface area (Å²) in [5.41, 5.74) is 6.82. The standard InChI is InChI=1S/C23H26N4O3/c1-3-26-22(29)20(19(28)16-25(2)14-17-10-6-4-7-11-17)21(24)27(23(26)30)15-18-12-8-5-9-13-18/h4-13H,3,14-16,24H2,1-2H3. The van der Waals surface area contributed by atoms with Gasteiger partial charge in [0.05, 0.1) is 13.1 Å². The maximum Gasteiger partial charge on any atom is 0.332 e. The second-order valence-corrected chi connectivity index (χ2v) is 7.25. The molecule has 0 saturated carbocycles. The first-order chi connectivity index (χ1) is 14.4. The number of nitrogens with two attached hydrogens (primary N) is 1. The number of Topliss-reactive ketones (excluding diaryl/α,β-unsaturated/α-hetero) is 1. The van der Waals surface area contributed by atoms with Crippen LogP contribution in [-0.2, 0) is 19.6 Å². The zero-order valence-corrected chi connectivity index (χ0v) is 17.2. The average molecular weight is 406 g/mol. The lowest BCUT2D eigenvalue weighted by Gasteiger charge is -2.19. The Kier molecular flexibility index (Phi) is 6.64. The summed E-state index contributed by atoms with van der Waals surface area (Å²) in [5, 5.41) is 0. The molecule has 2 aromatic carbocycles. The lowest BCUT2D eigenvalue weighted by atomic mass is 10.1. The zero-order chi connectivity index (χ0) is 21.7. The quantitative estimate of drug-likeness (QED) is 0.578. The summed E-state index contributed by atoms with van der Waals surface area (Å²) in [6, 6.07) is 19.1. The summed E-state index contributed by atoms with van der Waals surface area (Å²) in [5.74, 6) is -0.489. The summed E-state index contributed by atoms with van der Waals surface area (Å²) >= 11 is 0. The topological polar surface area (TPSA) is 90.3 Å². The van der Waals surface area contributed by atoms with Crippen LogP contribution in [0.4, 0.5) is 5.82 Å². The van der Waals surface area contributed by atoms with Gasteiger partial charge < -0.3 is 5.73 Å². The highest BCUT2D eigenvalue weighted by molar-refractivity contribution is 6.01. The van der Waals surface area contributed by atoms with E-state index in [1.807, 2.05) is 65.6 Å². The van der Waals surface area contributed by atoms with Crippen LogP contribution in [0.1, 0.15) is 28.4 Å². The van der Waals surface area contributed by atoms with Crippen LogP contribution in [0.2, 0.25) is 0 Å². The molecule has 1 heterocycles. The first-order valence-corrected chi connectivity index (χ1v) is 9.85. The highest BCUT2D eigenvalue weighted by Gasteiger charge is 2.23. The predicted molar refractivity (Wildman–Crippen MR) is 118 cm³/mol. The minimum Gasteiger partial charge on any atom is -0.384 e. The Labute approximate surface area is 175 Å². The molecule has 0 saturated heterocycles. The van der Waals surface area contributed by atoms with Crippen molar-refractivity contribution in [3.8, 4) is 0 Å². The van der Waals surface area contributed by atoms with Crippen molar-refractivity contribution in [2.24, 2.45) is 0 Å². The van der Waals surface area contributed by atoms with Gasteiger partial charge in [-0.3, -0.25) is 23.6 Å². The molecule has 0 fully saturated rings. The molecule has 0 bridgehead atoms. The molecule has 0 atom stereocenters. The highest BCUT2D eigenvalue weighted by Crippen LogP contribution is 2.11. The zero-order valence-electron chi connectivity index (χ0n) is 17.2. The van der Waals surface area contributed by atoms with Gasteiger partial charge in [-0.05, 0) is 25.1 Å². The molecule has 30 heavy (non-hydrogen) atoms. The van der Waals surface area contributed by atoms with Crippen molar-refractivity contribution in [2.45, 2.75) is 26.6 Å². The molecule has 0 aliphatic heterocycles. The van der Waals surface area contributed by atoms with Gasteiger partial charge in [-0.15, -0.1) is 0 Å². The fourth-order valence-corrected chi connectivity index (χ4v) is 3.45. The smallest absolute Gasteiger partial charge is 0.332 e. The molecule has 0 spiro atoms. The molecule has 7 heteroatoms. The number of hydrogen-bond acceptors (Lipinski definition) is 5. The van der Waals surface area contributed by atoms with Crippen molar-refractivity contribution in [2.75, 3.05) is 19.3 Å². The molecule has 0 aliphatic carbocycles. The SMILES string of the molecule is CCn1c(=O)c(C(=O)CN(C)Cc2ccccc2)c(N)n(Cc2ccccc2)c1=O. The third kappa shape index (κ3) is 4.58. The molecule has 1 aromatic heterocycles. The molecular formula is C23H26N4O3. The van der Waals surface area contributed by atoms with E-state index in [2.05, 4.69) is 0 Å². The highest BCUT2D eigenvalue weighted by atomic mass is 16.2. The van der Waals surface area contributed by atoms with Crippen LogP contribution in [0.5, 0.6) is 0 Å². The van der Waals surface area contributed by atoms with E-state index in [1.54, 1.807) is 14.0 Å². The van der Waals surface area contributed by atoms with Crippen LogP contribution in [0.15, 0.2) is 70.3 Å². The van der Waals surface area contributed by atoms with Crippen molar-refractivity contribution in [3.63, 3.8) is 0 Å². The normalized spacial score (nSPS) is 11.0. The van der Waals surface area contributed by atoms with Gasteiger partial charge in [-0.2, -0.15) is 0 Å². The maximum atomic E-state index is 13.0. The first-order valence-electron chi connectivity index (χ1n) is 9.85. The van der Waals surface area contributed by atoms with E-state index in [4.69, 9.17) is 5.73 Å². The number of likely N-dealkylation sites (N-methyl/N-ethyl adjacent to an activating group) is 1. The summed E-state index contributed by atoms with van der Waals surface area (Å²) in [7, 11) is 1.80. The molecule has 3 aromatic rings. The number of nitrogens with zero attached hydrogens (tertiary/aromatic N) is 3. The fourth-order valence-electron chi connectivity index (χ4n) is 3.45. The van der Waals surface area contributed by atoms with Crippen molar-refractivity contribution < 1.29 is 4.79 Å². The minimum absolute atomic E-state index is 0.0155. The van der Waals surface area contributed by atoms with Gasteiger partial charge in [0.1, 0.15) is 11.4 Å². The number of aromatic nitrogens is 2. The number of carbonyl (C=O) groups excluding carboxylic acids is 1. The second kappa shape index (κ2) is 9.37.